The van der Waals surface area contributed by atoms with Gasteiger partial charge in [0.25, 0.3) is 0 Å². The number of nitrogens with zero attached hydrogens (tertiary/aromatic N) is 3. The Kier molecular flexibility index (Phi) is 6.72. The number of carbonyl (C=O) groups is 1. The van der Waals surface area contributed by atoms with Crippen LogP contribution < -0.4 is 10.6 Å². The maximum atomic E-state index is 12.9. The fourth-order valence-corrected chi connectivity index (χ4v) is 3.73. The molecular weight excluding hydrogens is 463 g/mol. The third-order valence-electron chi connectivity index (χ3n) is 5.33. The van der Waals surface area contributed by atoms with E-state index in [1.165, 1.54) is 12.1 Å². The van der Waals surface area contributed by atoms with E-state index in [1.807, 2.05) is 6.92 Å². The number of aliphatic hydroxyl groups is 2. The fourth-order valence-electron chi connectivity index (χ4n) is 3.73. The van der Waals surface area contributed by atoms with Gasteiger partial charge in [0, 0.05) is 28.5 Å². The van der Waals surface area contributed by atoms with Gasteiger partial charge in [-0.25, -0.2) is 4.79 Å². The van der Waals surface area contributed by atoms with Gasteiger partial charge < -0.3 is 20.8 Å². The molecule has 0 radical (unpaired) electrons. The minimum absolute atomic E-state index is 0.0190. The molecule has 182 valence electrons. The highest BCUT2D eigenvalue weighted by Gasteiger charge is 2.30. The van der Waals surface area contributed by atoms with Crippen LogP contribution in [0.15, 0.2) is 60.9 Å². The molecule has 0 aliphatic heterocycles. The summed E-state index contributed by atoms with van der Waals surface area (Å²) in [6.07, 6.45) is -2.13. The molecule has 8 nitrogen and oxygen atoms in total. The number of amides is 2. The number of alkyl halides is 3. The lowest BCUT2D eigenvalue weighted by Crippen LogP contribution is -2.20. The number of halogens is 3. The molecule has 4 rings (SSSR count). The lowest BCUT2D eigenvalue weighted by Gasteiger charge is -2.11. The van der Waals surface area contributed by atoms with Crippen molar-refractivity contribution in [3.63, 3.8) is 0 Å². The Labute approximate surface area is 198 Å². The summed E-state index contributed by atoms with van der Waals surface area (Å²) in [6, 6.07) is 10.6. The van der Waals surface area contributed by atoms with Gasteiger partial charge in [0.1, 0.15) is 0 Å². The average Bonchev–Trinajstić information content (AvgIpc) is 3.14. The first-order chi connectivity index (χ1) is 16.7. The second kappa shape index (κ2) is 9.72. The Bertz CT molecular complexity index is 1350. The third kappa shape index (κ3) is 5.42. The molecule has 2 aromatic heterocycles. The second-order valence-electron chi connectivity index (χ2n) is 7.92. The molecule has 0 bridgehead atoms. The molecule has 35 heavy (non-hydrogen) atoms. The van der Waals surface area contributed by atoms with Crippen LogP contribution in [0.3, 0.4) is 0 Å². The maximum Gasteiger partial charge on any atom is 0.416 e. The predicted molar refractivity (Wildman–Crippen MR) is 125 cm³/mol. The lowest BCUT2D eigenvalue weighted by molar-refractivity contribution is -0.137. The molecular formula is C24H22F3N5O3. The van der Waals surface area contributed by atoms with Crippen LogP contribution in [0, 0.1) is 6.92 Å². The van der Waals surface area contributed by atoms with Crippen molar-refractivity contribution in [2.75, 3.05) is 17.2 Å². The van der Waals surface area contributed by atoms with E-state index in [1.54, 1.807) is 41.3 Å². The highest BCUT2D eigenvalue weighted by molar-refractivity contribution is 6.00. The fraction of sp³-hybridized carbons (Fsp3) is 0.208. The largest absolute Gasteiger partial charge is 0.416 e. The molecule has 0 fully saturated rings. The topological polar surface area (TPSA) is 112 Å². The molecule has 11 heteroatoms. The second-order valence-corrected chi connectivity index (χ2v) is 7.92. The smallest absolute Gasteiger partial charge is 0.394 e. The van der Waals surface area contributed by atoms with Crippen LogP contribution in [-0.4, -0.2) is 43.7 Å². The van der Waals surface area contributed by atoms with Gasteiger partial charge in [-0.05, 0) is 42.8 Å². The third-order valence-corrected chi connectivity index (χ3v) is 5.33. The van der Waals surface area contributed by atoms with Crippen LogP contribution in [0.4, 0.5) is 29.3 Å². The summed E-state index contributed by atoms with van der Waals surface area (Å²) < 4.78 is 40.2. The zero-order chi connectivity index (χ0) is 25.2. The number of hydrogen-bond donors (Lipinski definition) is 4. The van der Waals surface area contributed by atoms with Gasteiger partial charge in [0.05, 0.1) is 42.2 Å². The summed E-state index contributed by atoms with van der Waals surface area (Å²) in [4.78, 5) is 16.5. The van der Waals surface area contributed by atoms with Crippen LogP contribution in [0.25, 0.3) is 22.0 Å². The van der Waals surface area contributed by atoms with Crippen molar-refractivity contribution >= 4 is 28.3 Å². The summed E-state index contributed by atoms with van der Waals surface area (Å²) in [5.74, 6) is 0. The Balaban J connectivity index is 1.51. The van der Waals surface area contributed by atoms with Gasteiger partial charge in [-0.1, -0.05) is 18.2 Å². The van der Waals surface area contributed by atoms with Crippen LogP contribution in [0.1, 0.15) is 11.3 Å². The summed E-state index contributed by atoms with van der Waals surface area (Å²) in [5.41, 5.74) is 2.64. The minimum Gasteiger partial charge on any atom is -0.394 e. The zero-order valence-electron chi connectivity index (χ0n) is 18.5. The van der Waals surface area contributed by atoms with Crippen molar-refractivity contribution in [3.05, 3.63) is 72.2 Å². The molecule has 0 saturated heterocycles. The Hall–Kier alpha value is -3.96. The predicted octanol–water partition coefficient (Wildman–Crippen LogP) is 4.42. The number of carbonyl (C=O) groups excluding carboxylic acids is 1. The van der Waals surface area contributed by atoms with Crippen molar-refractivity contribution in [2.24, 2.45) is 0 Å². The molecule has 1 unspecified atom stereocenters. The molecule has 1 atom stereocenters. The summed E-state index contributed by atoms with van der Waals surface area (Å²) in [6.45, 7) is 1.57. The average molecular weight is 485 g/mol. The monoisotopic (exact) mass is 485 g/mol. The van der Waals surface area contributed by atoms with Gasteiger partial charge in [-0.15, -0.1) is 0 Å². The van der Waals surface area contributed by atoms with Gasteiger partial charge in [0.2, 0.25) is 0 Å². The molecule has 0 saturated carbocycles. The van der Waals surface area contributed by atoms with E-state index in [0.29, 0.717) is 11.2 Å². The van der Waals surface area contributed by atoms with Crippen molar-refractivity contribution in [3.8, 4) is 11.1 Å². The summed E-state index contributed by atoms with van der Waals surface area (Å²) in [7, 11) is 0. The zero-order valence-corrected chi connectivity index (χ0v) is 18.5. The van der Waals surface area contributed by atoms with E-state index < -0.39 is 23.9 Å². The number of hydrogen-bond acceptors (Lipinski definition) is 5. The van der Waals surface area contributed by atoms with E-state index in [9.17, 15) is 23.1 Å². The highest BCUT2D eigenvalue weighted by Crippen LogP contribution is 2.32. The van der Waals surface area contributed by atoms with Gasteiger partial charge in [0.15, 0.2) is 0 Å². The SMILES string of the molecule is Cc1nn(CC(O)CO)c2cncc(-c3ccc(NC(=O)Nc4cccc(C(F)(F)F)c4)cc3)c12. The molecule has 2 heterocycles. The van der Waals surface area contributed by atoms with Gasteiger partial charge in [-0.3, -0.25) is 9.67 Å². The number of pyridine rings is 1. The number of aliphatic hydroxyl groups excluding tert-OH is 2. The standard InChI is InChI=1S/C24H22F3N5O3/c1-14-22-20(10-28-11-21(22)32(31-14)12-19(34)13-33)15-5-7-17(8-6-15)29-23(35)30-18-4-2-3-16(9-18)24(25,26)27/h2-11,19,33-34H,12-13H2,1H3,(H2,29,30,35). The Morgan fingerprint density at radius 1 is 1.09 bits per heavy atom. The number of nitrogens with one attached hydrogen (secondary N) is 2. The van der Waals surface area contributed by atoms with E-state index in [0.717, 1.165) is 34.3 Å². The number of anilines is 2. The minimum atomic E-state index is -4.50. The van der Waals surface area contributed by atoms with E-state index in [2.05, 4.69) is 20.7 Å². The number of fused-ring (bicyclic) bond motifs is 1. The molecule has 2 aromatic carbocycles. The van der Waals surface area contributed by atoms with E-state index >= 15 is 0 Å². The van der Waals surface area contributed by atoms with Crippen LogP contribution in [0.5, 0.6) is 0 Å². The summed E-state index contributed by atoms with van der Waals surface area (Å²) in [5, 5.41) is 29.2. The highest BCUT2D eigenvalue weighted by atomic mass is 19.4. The number of rotatable bonds is 6. The van der Waals surface area contributed by atoms with Crippen molar-refractivity contribution in [1.82, 2.24) is 14.8 Å². The molecule has 0 spiro atoms. The van der Waals surface area contributed by atoms with Gasteiger partial charge in [-0.2, -0.15) is 18.3 Å². The van der Waals surface area contributed by atoms with Crippen LogP contribution in [-0.2, 0) is 12.7 Å². The quantitative estimate of drug-likeness (QED) is 0.323. The first-order valence-corrected chi connectivity index (χ1v) is 10.6. The Morgan fingerprint density at radius 2 is 1.80 bits per heavy atom. The number of urea groups is 1. The maximum absolute atomic E-state index is 12.9. The molecule has 0 aliphatic rings. The van der Waals surface area contributed by atoms with Gasteiger partial charge >= 0.3 is 12.2 Å². The van der Waals surface area contributed by atoms with Crippen molar-refractivity contribution in [2.45, 2.75) is 25.7 Å². The van der Waals surface area contributed by atoms with E-state index in [4.69, 9.17) is 5.11 Å². The van der Waals surface area contributed by atoms with E-state index in [-0.39, 0.29) is 18.8 Å². The molecule has 0 aliphatic carbocycles. The van der Waals surface area contributed by atoms with Crippen molar-refractivity contribution < 1.29 is 28.2 Å². The van der Waals surface area contributed by atoms with Crippen LogP contribution >= 0.6 is 0 Å². The Morgan fingerprint density at radius 3 is 2.49 bits per heavy atom. The number of benzene rings is 2. The van der Waals surface area contributed by atoms with Crippen molar-refractivity contribution in [1.29, 1.82) is 0 Å². The first-order valence-electron chi connectivity index (χ1n) is 10.6. The lowest BCUT2D eigenvalue weighted by atomic mass is 10.0. The first kappa shape index (κ1) is 24.2. The molecule has 4 aromatic rings. The van der Waals surface area contributed by atoms with Crippen LogP contribution in [0.2, 0.25) is 0 Å². The molecule has 4 N–H and O–H groups in total. The summed E-state index contributed by atoms with van der Waals surface area (Å²) >= 11 is 0. The number of aryl methyl sites for hydroxylation is 1. The molecule has 2 amide bonds. The normalized spacial score (nSPS) is 12.5. The number of aromatic nitrogens is 3.